The first-order chi connectivity index (χ1) is 5.98. The highest BCUT2D eigenvalue weighted by Gasteiger charge is 2.75. The Morgan fingerprint density at radius 3 is 1.64 bits per heavy atom. The van der Waals surface area contributed by atoms with Gasteiger partial charge in [-0.2, -0.15) is 17.6 Å². The van der Waals surface area contributed by atoms with Gasteiger partial charge in [0.1, 0.15) is 0 Å². The van der Waals surface area contributed by atoms with E-state index in [2.05, 4.69) is 23.2 Å². The van der Waals surface area contributed by atoms with Crippen LogP contribution >= 0.6 is 23.2 Å². The van der Waals surface area contributed by atoms with Crippen molar-refractivity contribution in [3.05, 3.63) is 5.53 Å². The Hall–Kier alpha value is -0.460. The summed E-state index contributed by atoms with van der Waals surface area (Å²) in [6.07, 6.45) is 0. The molecule has 0 saturated heterocycles. The van der Waals surface area contributed by atoms with Crippen LogP contribution in [0.25, 0.3) is 5.53 Å². The summed E-state index contributed by atoms with van der Waals surface area (Å²) in [6, 6.07) is 0. The maximum atomic E-state index is 12.5. The molecule has 82 valence electrons. The van der Waals surface area contributed by atoms with Gasteiger partial charge in [-0.05, 0) is 11.6 Å². The SMILES string of the molecule is [N-]=[N+]=C(F)C(F)(F)C(F)(Cl)C(F)(F)Cl. The average Bonchev–Trinajstić information content (AvgIpc) is 2.00. The molecule has 0 saturated carbocycles. The van der Waals surface area contributed by atoms with E-state index in [4.69, 9.17) is 5.53 Å². The summed E-state index contributed by atoms with van der Waals surface area (Å²) in [7, 11) is 0. The van der Waals surface area contributed by atoms with Crippen molar-refractivity contribution < 1.29 is 31.1 Å². The predicted octanol–water partition coefficient (Wildman–Crippen LogP) is 2.96. The summed E-state index contributed by atoms with van der Waals surface area (Å²) < 4.78 is 73.1. The van der Waals surface area contributed by atoms with Gasteiger partial charge in [0.25, 0.3) is 0 Å². The molecule has 0 spiro atoms. The van der Waals surface area contributed by atoms with E-state index in [1.807, 2.05) is 0 Å². The molecule has 2 nitrogen and oxygen atoms in total. The van der Waals surface area contributed by atoms with E-state index >= 15 is 0 Å². The minimum absolute atomic E-state index is 1.22. The van der Waals surface area contributed by atoms with Gasteiger partial charge in [0.15, 0.2) is 0 Å². The molecule has 0 radical (unpaired) electrons. The Labute approximate surface area is 83.0 Å². The van der Waals surface area contributed by atoms with Crippen molar-refractivity contribution in [3.8, 4) is 0 Å². The first kappa shape index (κ1) is 13.5. The van der Waals surface area contributed by atoms with Crippen molar-refractivity contribution in [1.29, 1.82) is 0 Å². The topological polar surface area (TPSA) is 36.4 Å². The lowest BCUT2D eigenvalue weighted by Gasteiger charge is -2.25. The van der Waals surface area contributed by atoms with Gasteiger partial charge < -0.3 is 5.53 Å². The molecule has 0 rings (SSSR count). The number of hydrogen-bond donors (Lipinski definition) is 0. The van der Waals surface area contributed by atoms with Crippen LogP contribution in [0.4, 0.5) is 26.3 Å². The minimum atomic E-state index is -5.56. The molecule has 0 N–H and O–H groups in total. The summed E-state index contributed by atoms with van der Waals surface area (Å²) in [4.78, 5) is 1.22. The highest BCUT2D eigenvalue weighted by molar-refractivity contribution is 6.34. The Morgan fingerprint density at radius 2 is 1.43 bits per heavy atom. The minimum Gasteiger partial charge on any atom is -0.358 e. The maximum Gasteiger partial charge on any atom is 0.518 e. The highest BCUT2D eigenvalue weighted by atomic mass is 35.5. The Kier molecular flexibility index (Phi) is 3.48. The molecule has 10 heteroatoms. The van der Waals surface area contributed by atoms with Gasteiger partial charge in [-0.3, -0.25) is 0 Å². The summed E-state index contributed by atoms with van der Waals surface area (Å²) in [5.74, 6) is -8.68. The van der Waals surface area contributed by atoms with E-state index in [1.54, 1.807) is 0 Å². The van der Waals surface area contributed by atoms with E-state index in [0.29, 0.717) is 0 Å². The predicted molar refractivity (Wildman–Crippen MR) is 35.2 cm³/mol. The third kappa shape index (κ3) is 1.97. The highest BCUT2D eigenvalue weighted by Crippen LogP contribution is 2.50. The largest absolute Gasteiger partial charge is 0.518 e. The van der Waals surface area contributed by atoms with Gasteiger partial charge in [0.05, 0.1) is 0 Å². The zero-order valence-electron chi connectivity index (χ0n) is 5.92. The van der Waals surface area contributed by atoms with E-state index in [0.717, 1.165) is 0 Å². The molecular formula is C4Cl2F6N2. The van der Waals surface area contributed by atoms with Gasteiger partial charge in [-0.25, -0.2) is 4.39 Å². The number of nitrogens with zero attached hydrogens (tertiary/aromatic N) is 2. The Balaban J connectivity index is 5.40. The molecular weight excluding hydrogens is 261 g/mol. The van der Waals surface area contributed by atoms with Crippen molar-refractivity contribution in [1.82, 2.24) is 0 Å². The van der Waals surface area contributed by atoms with Crippen LogP contribution in [0.2, 0.25) is 0 Å². The standard InChI is InChI=1S/C4Cl2F6N2/c5-3(10,4(6,11)12)2(8,9)1(7)14-13. The van der Waals surface area contributed by atoms with Gasteiger partial charge in [-0.1, -0.05) is 11.6 Å². The molecule has 0 aromatic heterocycles. The number of hydrogen-bond acceptors (Lipinski definition) is 0. The van der Waals surface area contributed by atoms with Crippen molar-refractivity contribution >= 4 is 29.2 Å². The zero-order valence-corrected chi connectivity index (χ0v) is 7.43. The number of rotatable bonds is 3. The normalized spacial score (nSPS) is 17.1. The van der Waals surface area contributed by atoms with E-state index in [-0.39, 0.29) is 0 Å². The first-order valence-electron chi connectivity index (χ1n) is 2.69. The monoisotopic (exact) mass is 260 g/mol. The molecule has 1 unspecified atom stereocenters. The Bertz CT molecular complexity index is 278. The third-order valence-corrected chi connectivity index (χ3v) is 1.93. The lowest BCUT2D eigenvalue weighted by atomic mass is 10.2. The molecule has 0 aliphatic heterocycles. The summed E-state index contributed by atoms with van der Waals surface area (Å²) in [6.45, 7) is 0. The molecule has 0 heterocycles. The second kappa shape index (κ2) is 3.60. The molecule has 0 aromatic carbocycles. The summed E-state index contributed by atoms with van der Waals surface area (Å²) in [5.41, 5.74) is 7.52. The molecule has 0 fully saturated rings. The summed E-state index contributed by atoms with van der Waals surface area (Å²) in [5, 5.41) is -10.5. The van der Waals surface area contributed by atoms with Crippen LogP contribution in [-0.2, 0) is 0 Å². The van der Waals surface area contributed by atoms with Crippen LogP contribution in [0.1, 0.15) is 0 Å². The van der Waals surface area contributed by atoms with Gasteiger partial charge in [0, 0.05) is 0 Å². The van der Waals surface area contributed by atoms with Gasteiger partial charge in [0.2, 0.25) is 0 Å². The average molecular weight is 261 g/mol. The fourth-order valence-electron chi connectivity index (χ4n) is 0.370. The molecule has 0 amide bonds. The molecule has 14 heavy (non-hydrogen) atoms. The van der Waals surface area contributed by atoms with Crippen LogP contribution in [0.3, 0.4) is 0 Å². The van der Waals surface area contributed by atoms with Crippen LogP contribution < -0.4 is 0 Å². The van der Waals surface area contributed by atoms with Crippen molar-refractivity contribution in [2.24, 2.45) is 0 Å². The van der Waals surface area contributed by atoms with Crippen LogP contribution in [0, 0.1) is 0 Å². The van der Waals surface area contributed by atoms with Gasteiger partial charge >= 0.3 is 22.4 Å². The van der Waals surface area contributed by atoms with E-state index in [9.17, 15) is 26.3 Å². The van der Waals surface area contributed by atoms with Crippen molar-refractivity contribution in [2.45, 2.75) is 16.4 Å². The molecule has 0 aliphatic carbocycles. The van der Waals surface area contributed by atoms with Crippen molar-refractivity contribution in [3.63, 3.8) is 0 Å². The Morgan fingerprint density at radius 1 is 1.07 bits per heavy atom. The maximum absolute atomic E-state index is 12.5. The van der Waals surface area contributed by atoms with Crippen LogP contribution in [0.5, 0.6) is 0 Å². The fraction of sp³-hybridized carbons (Fsp3) is 0.750. The van der Waals surface area contributed by atoms with Crippen LogP contribution in [0.15, 0.2) is 0 Å². The number of halogens is 8. The van der Waals surface area contributed by atoms with Crippen molar-refractivity contribution in [2.75, 3.05) is 0 Å². The smallest absolute Gasteiger partial charge is 0.358 e. The second-order valence-corrected chi connectivity index (χ2v) is 3.03. The first-order valence-corrected chi connectivity index (χ1v) is 3.44. The van der Waals surface area contributed by atoms with E-state index in [1.165, 1.54) is 4.79 Å². The fourth-order valence-corrected chi connectivity index (χ4v) is 0.567. The lowest BCUT2D eigenvalue weighted by Crippen LogP contribution is -2.54. The number of alkyl halides is 7. The quantitative estimate of drug-likeness (QED) is 0.246. The molecule has 0 bridgehead atoms. The van der Waals surface area contributed by atoms with Gasteiger partial charge in [-0.15, -0.1) is 9.18 Å². The molecule has 1 atom stereocenters. The second-order valence-electron chi connectivity index (χ2n) is 2.04. The third-order valence-electron chi connectivity index (χ3n) is 1.10. The lowest BCUT2D eigenvalue weighted by molar-refractivity contribution is -0.161. The molecule has 0 aromatic rings. The summed E-state index contributed by atoms with van der Waals surface area (Å²) >= 11 is 7.93. The zero-order chi connectivity index (χ0) is 11.8. The van der Waals surface area contributed by atoms with Crippen LogP contribution in [-0.4, -0.2) is 27.2 Å². The molecule has 0 aliphatic rings. The van der Waals surface area contributed by atoms with E-state index < -0.39 is 22.4 Å².